The Hall–Kier alpha value is -1.85. The number of hydrogen-bond donors (Lipinski definition) is 2. The van der Waals surface area contributed by atoms with E-state index in [1.54, 1.807) is 38.4 Å². The molecule has 0 aliphatic rings. The van der Waals surface area contributed by atoms with Gasteiger partial charge in [0, 0.05) is 34.1 Å². The minimum absolute atomic E-state index is 0.0882. The highest BCUT2D eigenvalue weighted by molar-refractivity contribution is 5.76. The van der Waals surface area contributed by atoms with E-state index in [9.17, 15) is 4.79 Å². The summed E-state index contributed by atoms with van der Waals surface area (Å²) in [6.07, 6.45) is 3.70. The van der Waals surface area contributed by atoms with Crippen LogP contribution in [0, 0.1) is 0 Å². The fraction of sp³-hybridized carbons (Fsp3) is 0.500. The molecule has 1 aromatic heterocycles. The Morgan fingerprint density at radius 2 is 2.06 bits per heavy atom. The number of anilines is 2. The van der Waals surface area contributed by atoms with Crippen LogP contribution in [0.3, 0.4) is 0 Å². The van der Waals surface area contributed by atoms with Crippen molar-refractivity contribution < 1.29 is 4.79 Å². The SMILES string of the molecule is CNc1cncc(NCCC(=O)N(C)C)n1. The molecule has 88 valence electrons. The summed E-state index contributed by atoms with van der Waals surface area (Å²) in [5.41, 5.74) is 0. The van der Waals surface area contributed by atoms with Crippen molar-refractivity contribution >= 4 is 17.5 Å². The molecule has 0 bridgehead atoms. The standard InChI is InChI=1S/C10H17N5O/c1-11-8-6-12-7-9(14-8)13-5-4-10(16)15(2)3/h6-7H,4-5H2,1-3H3,(H2,11,13,14). The number of nitrogens with one attached hydrogen (secondary N) is 2. The second kappa shape index (κ2) is 5.89. The Labute approximate surface area is 95.1 Å². The van der Waals surface area contributed by atoms with Crippen LogP contribution in [0.15, 0.2) is 12.4 Å². The maximum atomic E-state index is 11.3. The summed E-state index contributed by atoms with van der Waals surface area (Å²) in [6.45, 7) is 0.554. The molecule has 0 spiro atoms. The minimum atomic E-state index is 0.0882. The van der Waals surface area contributed by atoms with Gasteiger partial charge in [0.2, 0.25) is 5.91 Å². The average molecular weight is 223 g/mol. The molecule has 0 aromatic carbocycles. The summed E-state index contributed by atoms with van der Waals surface area (Å²) < 4.78 is 0. The Balaban J connectivity index is 2.40. The number of rotatable bonds is 5. The van der Waals surface area contributed by atoms with Gasteiger partial charge in [0.1, 0.15) is 11.6 Å². The van der Waals surface area contributed by atoms with Crippen molar-refractivity contribution in [2.75, 3.05) is 38.3 Å². The summed E-state index contributed by atoms with van der Waals surface area (Å²) >= 11 is 0. The maximum absolute atomic E-state index is 11.3. The van der Waals surface area contributed by atoms with Crippen LogP contribution < -0.4 is 10.6 Å². The van der Waals surface area contributed by atoms with E-state index < -0.39 is 0 Å². The van der Waals surface area contributed by atoms with Crippen LogP contribution in [0.5, 0.6) is 0 Å². The van der Waals surface area contributed by atoms with Crippen molar-refractivity contribution in [3.63, 3.8) is 0 Å². The lowest BCUT2D eigenvalue weighted by Gasteiger charge is -2.10. The number of aromatic nitrogens is 2. The zero-order valence-electron chi connectivity index (χ0n) is 9.82. The lowest BCUT2D eigenvalue weighted by atomic mass is 10.4. The molecule has 0 saturated carbocycles. The van der Waals surface area contributed by atoms with Crippen LogP contribution in [-0.2, 0) is 4.79 Å². The molecule has 1 amide bonds. The quantitative estimate of drug-likeness (QED) is 0.756. The third kappa shape index (κ3) is 3.72. The van der Waals surface area contributed by atoms with E-state index >= 15 is 0 Å². The number of carbonyl (C=O) groups excluding carboxylic acids is 1. The van der Waals surface area contributed by atoms with Crippen molar-refractivity contribution in [3.8, 4) is 0 Å². The molecule has 0 aliphatic heterocycles. The Morgan fingerprint density at radius 1 is 1.38 bits per heavy atom. The van der Waals surface area contributed by atoms with Crippen molar-refractivity contribution in [2.24, 2.45) is 0 Å². The first-order valence-electron chi connectivity index (χ1n) is 5.07. The molecular weight excluding hydrogens is 206 g/mol. The molecule has 6 heteroatoms. The number of amides is 1. The van der Waals surface area contributed by atoms with E-state index in [2.05, 4.69) is 20.6 Å². The lowest BCUT2D eigenvalue weighted by Crippen LogP contribution is -2.24. The molecule has 1 aromatic rings. The molecule has 0 unspecified atom stereocenters. The van der Waals surface area contributed by atoms with Crippen molar-refractivity contribution in [2.45, 2.75) is 6.42 Å². The van der Waals surface area contributed by atoms with Crippen molar-refractivity contribution in [1.29, 1.82) is 0 Å². The molecule has 6 nitrogen and oxygen atoms in total. The highest BCUT2D eigenvalue weighted by Crippen LogP contribution is 2.05. The first-order chi connectivity index (χ1) is 7.63. The van der Waals surface area contributed by atoms with Gasteiger partial charge in [-0.25, -0.2) is 4.98 Å². The van der Waals surface area contributed by atoms with E-state index in [0.29, 0.717) is 24.6 Å². The fourth-order valence-corrected chi connectivity index (χ4v) is 1.09. The monoisotopic (exact) mass is 223 g/mol. The van der Waals surface area contributed by atoms with E-state index in [0.717, 1.165) is 0 Å². The van der Waals surface area contributed by atoms with Gasteiger partial charge in [-0.1, -0.05) is 0 Å². The highest BCUT2D eigenvalue weighted by atomic mass is 16.2. The zero-order chi connectivity index (χ0) is 12.0. The molecular formula is C10H17N5O. The average Bonchev–Trinajstić information content (AvgIpc) is 2.29. The van der Waals surface area contributed by atoms with Gasteiger partial charge >= 0.3 is 0 Å². The van der Waals surface area contributed by atoms with Crippen LogP contribution in [-0.4, -0.2) is 48.5 Å². The van der Waals surface area contributed by atoms with E-state index in [-0.39, 0.29) is 5.91 Å². The van der Waals surface area contributed by atoms with Crippen LogP contribution in [0.1, 0.15) is 6.42 Å². The third-order valence-electron chi connectivity index (χ3n) is 2.03. The lowest BCUT2D eigenvalue weighted by molar-refractivity contribution is -0.128. The number of carbonyl (C=O) groups is 1. The summed E-state index contributed by atoms with van der Waals surface area (Å²) in [5.74, 6) is 1.45. The second-order valence-electron chi connectivity index (χ2n) is 3.50. The molecule has 1 heterocycles. The summed E-state index contributed by atoms with van der Waals surface area (Å²) in [4.78, 5) is 21.1. The van der Waals surface area contributed by atoms with Gasteiger partial charge in [0.25, 0.3) is 0 Å². The highest BCUT2D eigenvalue weighted by Gasteiger charge is 2.03. The van der Waals surface area contributed by atoms with Gasteiger partial charge in [-0.05, 0) is 0 Å². The predicted octanol–water partition coefficient (Wildman–Crippen LogP) is 0.408. The van der Waals surface area contributed by atoms with Gasteiger partial charge in [0.05, 0.1) is 12.4 Å². The number of hydrogen-bond acceptors (Lipinski definition) is 5. The molecule has 16 heavy (non-hydrogen) atoms. The van der Waals surface area contributed by atoms with Crippen LogP contribution >= 0.6 is 0 Å². The topological polar surface area (TPSA) is 70.2 Å². The van der Waals surface area contributed by atoms with Gasteiger partial charge in [-0.15, -0.1) is 0 Å². The molecule has 0 fully saturated rings. The van der Waals surface area contributed by atoms with Crippen LogP contribution in [0.4, 0.5) is 11.6 Å². The summed E-state index contributed by atoms with van der Waals surface area (Å²) in [6, 6.07) is 0. The molecule has 0 atom stereocenters. The molecule has 2 N–H and O–H groups in total. The first-order valence-corrected chi connectivity index (χ1v) is 5.07. The maximum Gasteiger partial charge on any atom is 0.223 e. The normalized spacial score (nSPS) is 9.69. The summed E-state index contributed by atoms with van der Waals surface area (Å²) in [5, 5.41) is 5.94. The molecule has 0 saturated heterocycles. The smallest absolute Gasteiger partial charge is 0.223 e. The molecule has 1 rings (SSSR count). The fourth-order valence-electron chi connectivity index (χ4n) is 1.09. The van der Waals surface area contributed by atoms with Gasteiger partial charge < -0.3 is 15.5 Å². The van der Waals surface area contributed by atoms with Crippen molar-refractivity contribution in [1.82, 2.24) is 14.9 Å². The Kier molecular flexibility index (Phi) is 4.50. The summed E-state index contributed by atoms with van der Waals surface area (Å²) in [7, 11) is 5.26. The van der Waals surface area contributed by atoms with Crippen molar-refractivity contribution in [3.05, 3.63) is 12.4 Å². The van der Waals surface area contributed by atoms with Crippen LogP contribution in [0.2, 0.25) is 0 Å². The predicted molar refractivity (Wildman–Crippen MR) is 63.4 cm³/mol. The minimum Gasteiger partial charge on any atom is -0.372 e. The van der Waals surface area contributed by atoms with Gasteiger partial charge in [-0.2, -0.15) is 0 Å². The van der Waals surface area contributed by atoms with E-state index in [4.69, 9.17) is 0 Å². The largest absolute Gasteiger partial charge is 0.372 e. The van der Waals surface area contributed by atoms with E-state index in [1.165, 1.54) is 0 Å². The van der Waals surface area contributed by atoms with Crippen LogP contribution in [0.25, 0.3) is 0 Å². The first kappa shape index (κ1) is 12.2. The Morgan fingerprint density at radius 3 is 2.69 bits per heavy atom. The van der Waals surface area contributed by atoms with Gasteiger partial charge in [0.15, 0.2) is 0 Å². The van der Waals surface area contributed by atoms with Gasteiger partial charge in [-0.3, -0.25) is 9.78 Å². The molecule has 0 aliphatic carbocycles. The third-order valence-corrected chi connectivity index (χ3v) is 2.03. The molecule has 0 radical (unpaired) electrons. The second-order valence-corrected chi connectivity index (χ2v) is 3.50. The number of nitrogens with zero attached hydrogens (tertiary/aromatic N) is 3. The zero-order valence-corrected chi connectivity index (χ0v) is 9.82. The Bertz CT molecular complexity index is 353. The van der Waals surface area contributed by atoms with E-state index in [1.807, 2.05) is 0 Å².